The highest BCUT2D eigenvalue weighted by molar-refractivity contribution is 6.33. The predicted octanol–water partition coefficient (Wildman–Crippen LogP) is 5.64. The van der Waals surface area contributed by atoms with Crippen LogP contribution in [-0.4, -0.2) is 5.97 Å². The van der Waals surface area contributed by atoms with Gasteiger partial charge in [0, 0.05) is 10.6 Å². The molecule has 4 nitrogen and oxygen atoms in total. The normalized spacial score (nSPS) is 11.2. The lowest BCUT2D eigenvalue weighted by atomic mass is 9.91. The van der Waals surface area contributed by atoms with Crippen LogP contribution in [0.5, 0.6) is 11.5 Å². The Balaban J connectivity index is 2.02. The van der Waals surface area contributed by atoms with Gasteiger partial charge >= 0.3 is 5.97 Å². The molecule has 0 fully saturated rings. The summed E-state index contributed by atoms with van der Waals surface area (Å²) in [6.07, 6.45) is 0. The van der Waals surface area contributed by atoms with E-state index in [-0.39, 0.29) is 0 Å². The Morgan fingerprint density at radius 2 is 1.62 bits per heavy atom. The maximum Gasteiger partial charge on any atom is 0.347 e. The predicted molar refractivity (Wildman–Crippen MR) is 116 cm³/mol. The van der Waals surface area contributed by atoms with Gasteiger partial charge in [-0.15, -0.1) is 0 Å². The van der Waals surface area contributed by atoms with Gasteiger partial charge in [0.05, 0.1) is 0 Å². The van der Waals surface area contributed by atoms with Crippen LogP contribution in [0.2, 0.25) is 5.02 Å². The molecule has 3 aromatic rings. The number of hydrogen-bond acceptors (Lipinski definition) is 4. The standard InChI is InChI=1S/C24H24ClNO3/c1-16-21(23(27)29-18-12-8-5-9-13-18)20(14-19(22(16)25)24(2,3)26)28-15-17-10-6-4-7-11-17/h4-14H,15,26H2,1-3H3. The number of nitrogens with two attached hydrogens (primary N) is 1. The largest absolute Gasteiger partial charge is 0.488 e. The summed E-state index contributed by atoms with van der Waals surface area (Å²) in [6, 6.07) is 20.4. The molecule has 0 aliphatic carbocycles. The van der Waals surface area contributed by atoms with Gasteiger partial charge in [-0.1, -0.05) is 60.1 Å². The first-order chi connectivity index (χ1) is 13.8. The number of carbonyl (C=O) groups is 1. The van der Waals surface area contributed by atoms with Crippen LogP contribution in [0.4, 0.5) is 0 Å². The smallest absolute Gasteiger partial charge is 0.347 e. The minimum Gasteiger partial charge on any atom is -0.488 e. The first-order valence-electron chi connectivity index (χ1n) is 9.34. The Hall–Kier alpha value is -2.82. The van der Waals surface area contributed by atoms with Gasteiger partial charge in [-0.3, -0.25) is 0 Å². The second-order valence-electron chi connectivity index (χ2n) is 7.43. The van der Waals surface area contributed by atoms with E-state index in [4.69, 9.17) is 26.8 Å². The van der Waals surface area contributed by atoms with E-state index in [1.54, 1.807) is 37.3 Å². The minimum absolute atomic E-state index is 0.294. The van der Waals surface area contributed by atoms with Crippen molar-refractivity contribution < 1.29 is 14.3 Å². The molecule has 150 valence electrons. The van der Waals surface area contributed by atoms with E-state index in [2.05, 4.69) is 0 Å². The first-order valence-corrected chi connectivity index (χ1v) is 9.71. The second-order valence-corrected chi connectivity index (χ2v) is 7.81. The number of hydrogen-bond donors (Lipinski definition) is 1. The van der Waals surface area contributed by atoms with Crippen LogP contribution in [0.25, 0.3) is 0 Å². The highest BCUT2D eigenvalue weighted by Crippen LogP contribution is 2.37. The molecule has 2 N–H and O–H groups in total. The maximum absolute atomic E-state index is 13.0. The van der Waals surface area contributed by atoms with Gasteiger partial charge in [0.15, 0.2) is 0 Å². The fraction of sp³-hybridized carbons (Fsp3) is 0.208. The average molecular weight is 410 g/mol. The highest BCUT2D eigenvalue weighted by Gasteiger charge is 2.27. The molecule has 0 bridgehead atoms. The van der Waals surface area contributed by atoms with Crippen LogP contribution < -0.4 is 15.2 Å². The van der Waals surface area contributed by atoms with Gasteiger partial charge in [-0.05, 0) is 55.7 Å². The lowest BCUT2D eigenvalue weighted by Gasteiger charge is -2.25. The van der Waals surface area contributed by atoms with Gasteiger partial charge in [0.2, 0.25) is 0 Å². The Kier molecular flexibility index (Phi) is 6.26. The van der Waals surface area contributed by atoms with Crippen LogP contribution in [0.15, 0.2) is 66.7 Å². The molecule has 0 spiro atoms. The van der Waals surface area contributed by atoms with Crippen LogP contribution in [-0.2, 0) is 12.1 Å². The Labute approximate surface area is 176 Å². The maximum atomic E-state index is 13.0. The van der Waals surface area contributed by atoms with Crippen molar-refractivity contribution in [3.8, 4) is 11.5 Å². The molecule has 0 saturated heterocycles. The number of para-hydroxylation sites is 1. The SMILES string of the molecule is Cc1c(Cl)c(C(C)(C)N)cc(OCc2ccccc2)c1C(=O)Oc1ccccc1. The van der Waals surface area contributed by atoms with Crippen LogP contribution in [0, 0.1) is 6.92 Å². The van der Waals surface area contributed by atoms with Crippen molar-refractivity contribution in [1.82, 2.24) is 0 Å². The van der Waals surface area contributed by atoms with Crippen molar-refractivity contribution in [1.29, 1.82) is 0 Å². The Morgan fingerprint density at radius 3 is 2.21 bits per heavy atom. The van der Waals surface area contributed by atoms with Crippen molar-refractivity contribution >= 4 is 17.6 Å². The zero-order valence-corrected chi connectivity index (χ0v) is 17.5. The van der Waals surface area contributed by atoms with Gasteiger partial charge in [0.25, 0.3) is 0 Å². The van der Waals surface area contributed by atoms with Gasteiger partial charge in [-0.25, -0.2) is 4.79 Å². The molecule has 0 aromatic heterocycles. The van der Waals surface area contributed by atoms with Crippen LogP contribution in [0.3, 0.4) is 0 Å². The number of ether oxygens (including phenoxy) is 2. The topological polar surface area (TPSA) is 61.5 Å². The van der Waals surface area contributed by atoms with Crippen molar-refractivity contribution in [2.24, 2.45) is 5.73 Å². The van der Waals surface area contributed by atoms with E-state index >= 15 is 0 Å². The van der Waals surface area contributed by atoms with E-state index in [1.807, 2.05) is 50.2 Å². The number of esters is 1. The fourth-order valence-electron chi connectivity index (χ4n) is 2.98. The molecule has 0 aliphatic rings. The molecule has 5 heteroatoms. The Bertz CT molecular complexity index is 996. The van der Waals surface area contributed by atoms with E-state index in [0.29, 0.717) is 39.8 Å². The molecule has 3 aromatic carbocycles. The Morgan fingerprint density at radius 1 is 1.03 bits per heavy atom. The zero-order chi connectivity index (χ0) is 21.0. The summed E-state index contributed by atoms with van der Waals surface area (Å²) in [5.74, 6) is 0.315. The molecule has 0 aliphatic heterocycles. The lowest BCUT2D eigenvalue weighted by Crippen LogP contribution is -2.30. The van der Waals surface area contributed by atoms with E-state index in [9.17, 15) is 4.79 Å². The van der Waals surface area contributed by atoms with Gasteiger partial charge < -0.3 is 15.2 Å². The van der Waals surface area contributed by atoms with Crippen molar-refractivity contribution in [3.05, 3.63) is 94.0 Å². The molecule has 0 heterocycles. The summed E-state index contributed by atoms with van der Waals surface area (Å²) in [7, 11) is 0. The molecule has 0 saturated carbocycles. The molecule has 29 heavy (non-hydrogen) atoms. The molecule has 0 atom stereocenters. The quantitative estimate of drug-likeness (QED) is 0.422. The van der Waals surface area contributed by atoms with Crippen LogP contribution >= 0.6 is 11.6 Å². The zero-order valence-electron chi connectivity index (χ0n) is 16.7. The first kappa shape index (κ1) is 20.9. The van der Waals surface area contributed by atoms with Gasteiger partial charge in [0.1, 0.15) is 23.7 Å². The summed E-state index contributed by atoms with van der Waals surface area (Å²) in [5.41, 5.74) is 8.15. The summed E-state index contributed by atoms with van der Waals surface area (Å²) in [6.45, 7) is 5.79. The monoisotopic (exact) mass is 409 g/mol. The molecule has 0 unspecified atom stereocenters. The minimum atomic E-state index is -0.700. The molecule has 0 amide bonds. The summed E-state index contributed by atoms with van der Waals surface area (Å²) >= 11 is 6.58. The number of benzene rings is 3. The van der Waals surface area contributed by atoms with Crippen molar-refractivity contribution in [3.63, 3.8) is 0 Å². The molecular formula is C24H24ClNO3. The van der Waals surface area contributed by atoms with E-state index < -0.39 is 11.5 Å². The summed E-state index contributed by atoms with van der Waals surface area (Å²) < 4.78 is 11.6. The van der Waals surface area contributed by atoms with Crippen LogP contribution in [0.1, 0.15) is 40.9 Å². The highest BCUT2D eigenvalue weighted by atomic mass is 35.5. The molecule has 3 rings (SSSR count). The third-order valence-electron chi connectivity index (χ3n) is 4.55. The molecule has 0 radical (unpaired) electrons. The van der Waals surface area contributed by atoms with Crippen molar-refractivity contribution in [2.75, 3.05) is 0 Å². The second kappa shape index (κ2) is 8.68. The summed E-state index contributed by atoms with van der Waals surface area (Å²) in [5, 5.41) is 0.435. The number of rotatable bonds is 6. The van der Waals surface area contributed by atoms with E-state index in [1.165, 1.54) is 0 Å². The average Bonchev–Trinajstić information content (AvgIpc) is 2.69. The lowest BCUT2D eigenvalue weighted by molar-refractivity contribution is 0.0728. The molecular weight excluding hydrogens is 386 g/mol. The number of carbonyl (C=O) groups excluding carboxylic acids is 1. The van der Waals surface area contributed by atoms with Crippen molar-refractivity contribution in [2.45, 2.75) is 32.9 Å². The fourth-order valence-corrected chi connectivity index (χ4v) is 3.37. The summed E-state index contributed by atoms with van der Waals surface area (Å²) in [4.78, 5) is 13.0. The van der Waals surface area contributed by atoms with Gasteiger partial charge in [-0.2, -0.15) is 0 Å². The third kappa shape index (κ3) is 4.97. The number of halogens is 1. The third-order valence-corrected chi connectivity index (χ3v) is 5.04. The van der Waals surface area contributed by atoms with E-state index in [0.717, 1.165) is 5.56 Å².